The third-order valence-corrected chi connectivity index (χ3v) is 13.0. The third kappa shape index (κ3) is 7.74. The molecule has 0 aliphatic rings. The zero-order chi connectivity index (χ0) is 55.2. The number of nitrogens with zero attached hydrogens (tertiary/aromatic N) is 4. The molecule has 3 aromatic heterocycles. The summed E-state index contributed by atoms with van der Waals surface area (Å²) >= 11 is 0. The second-order valence-electron chi connectivity index (χ2n) is 18.6. The van der Waals surface area contributed by atoms with Crippen molar-refractivity contribution in [1.82, 2.24) is 14.1 Å². The lowest BCUT2D eigenvalue weighted by Crippen LogP contribution is -2.31. The highest BCUT2D eigenvalue weighted by atomic mass is 16.5. The van der Waals surface area contributed by atoms with Crippen molar-refractivity contribution in [3.63, 3.8) is 0 Å². The van der Waals surface area contributed by atoms with Crippen molar-refractivity contribution in [1.29, 1.82) is 0 Å². The molecule has 0 radical (unpaired) electrons. The maximum atomic E-state index is 9.06. The molecule has 5 heteroatoms. The van der Waals surface area contributed by atoms with Crippen molar-refractivity contribution >= 4 is 32.8 Å². The molecule has 0 aliphatic carbocycles. The van der Waals surface area contributed by atoms with Crippen LogP contribution in [-0.4, -0.2) is 14.1 Å². The molecular weight excluding hydrogens is 829 g/mol. The van der Waals surface area contributed by atoms with Gasteiger partial charge in [-0.3, -0.25) is 13.7 Å². The lowest BCUT2D eigenvalue weighted by molar-refractivity contribution is -0.571. The van der Waals surface area contributed by atoms with Gasteiger partial charge in [0.2, 0.25) is 0 Å². The van der Waals surface area contributed by atoms with Gasteiger partial charge in [0.15, 0.2) is 0 Å². The number of ether oxygens (including phenoxy) is 1. The number of hydrogen-bond acceptors (Lipinski definition) is 2. The fraction of sp³-hybridized carbons (Fsp3) is 0.143. The summed E-state index contributed by atoms with van der Waals surface area (Å²) in [5, 5.41) is 2.12. The molecule has 11 rings (SSSR count). The van der Waals surface area contributed by atoms with Gasteiger partial charge in [-0.1, -0.05) is 193 Å². The SMILES string of the molecule is [2H]c1c([2H])c([2H])c(-c2cccc(-c3c([2H])c([2H])c([2H])c([2H])c3[2H])c2-[n+]2[c-]n(-c3cccc(Oc4ccc5c6ccccc6n(-c6cc(C(C)C(C)C)c(-c7ccc(C(C)(C)C)cc7)cn6)c5c4)c3)c3ccccc32)c([2H])c1[2H]. The van der Waals surface area contributed by atoms with E-state index in [1.807, 2.05) is 79.0 Å². The van der Waals surface area contributed by atoms with Crippen molar-refractivity contribution in [2.45, 2.75) is 52.9 Å². The maximum absolute atomic E-state index is 9.06. The van der Waals surface area contributed by atoms with E-state index in [4.69, 9.17) is 23.4 Å². The van der Waals surface area contributed by atoms with Crippen molar-refractivity contribution in [3.05, 3.63) is 224 Å². The van der Waals surface area contributed by atoms with Gasteiger partial charge in [-0.25, -0.2) is 4.98 Å². The van der Waals surface area contributed by atoms with E-state index in [9.17, 15) is 0 Å². The first-order chi connectivity index (χ1) is 37.2. The Morgan fingerprint density at radius 2 is 1.22 bits per heavy atom. The summed E-state index contributed by atoms with van der Waals surface area (Å²) < 4.78 is 99.8. The molecule has 68 heavy (non-hydrogen) atoms. The van der Waals surface area contributed by atoms with Crippen LogP contribution in [0.15, 0.2) is 206 Å². The Labute approximate surface area is 413 Å². The van der Waals surface area contributed by atoms with Crippen LogP contribution in [0.4, 0.5) is 0 Å². The predicted molar refractivity (Wildman–Crippen MR) is 281 cm³/mol. The largest absolute Gasteiger partial charge is 0.458 e. The van der Waals surface area contributed by atoms with Gasteiger partial charge in [-0.05, 0) is 98.7 Å². The topological polar surface area (TPSA) is 35.9 Å². The minimum Gasteiger partial charge on any atom is -0.458 e. The quantitative estimate of drug-likeness (QED) is 0.101. The van der Waals surface area contributed by atoms with Gasteiger partial charge in [-0.15, -0.1) is 0 Å². The van der Waals surface area contributed by atoms with Gasteiger partial charge in [0.25, 0.3) is 6.33 Å². The van der Waals surface area contributed by atoms with Crippen LogP contribution < -0.4 is 9.30 Å². The monoisotopic (exact) mass is 892 g/mol. The molecular formula is C63H54N4O. The van der Waals surface area contributed by atoms with E-state index in [-0.39, 0.29) is 39.3 Å². The smallest absolute Gasteiger partial charge is 0.269 e. The highest BCUT2D eigenvalue weighted by Crippen LogP contribution is 2.40. The fourth-order valence-electron chi connectivity index (χ4n) is 9.17. The third-order valence-electron chi connectivity index (χ3n) is 13.0. The van der Waals surface area contributed by atoms with Crippen molar-refractivity contribution in [3.8, 4) is 62.1 Å². The van der Waals surface area contributed by atoms with Crippen LogP contribution in [0.1, 0.15) is 72.3 Å². The Kier molecular flexibility index (Phi) is 8.31. The molecule has 332 valence electrons. The van der Waals surface area contributed by atoms with Gasteiger partial charge >= 0.3 is 0 Å². The number of imidazole rings is 1. The summed E-state index contributed by atoms with van der Waals surface area (Å²) in [6, 6.07) is 40.0. The highest BCUT2D eigenvalue weighted by molar-refractivity contribution is 6.09. The van der Waals surface area contributed by atoms with Crippen LogP contribution in [0.3, 0.4) is 0 Å². The summed E-state index contributed by atoms with van der Waals surface area (Å²) in [5.41, 5.74) is 8.76. The second kappa shape index (κ2) is 17.3. The molecule has 3 heterocycles. The number of fused-ring (bicyclic) bond motifs is 4. The maximum Gasteiger partial charge on any atom is 0.269 e. The van der Waals surface area contributed by atoms with E-state index in [1.165, 1.54) is 11.1 Å². The van der Waals surface area contributed by atoms with E-state index in [2.05, 4.69) is 101 Å². The molecule has 0 fully saturated rings. The highest BCUT2D eigenvalue weighted by Gasteiger charge is 2.23. The average molecular weight is 893 g/mol. The minimum absolute atomic E-state index is 0.0322. The molecule has 11 aromatic rings. The van der Waals surface area contributed by atoms with E-state index >= 15 is 0 Å². The molecule has 0 saturated carbocycles. The number of para-hydroxylation sites is 4. The van der Waals surface area contributed by atoms with Crippen LogP contribution in [0.5, 0.6) is 11.5 Å². The van der Waals surface area contributed by atoms with Crippen molar-refractivity contribution < 1.29 is 23.0 Å². The molecule has 1 unspecified atom stereocenters. The van der Waals surface area contributed by atoms with E-state index in [0.29, 0.717) is 34.1 Å². The molecule has 0 N–H and O–H groups in total. The lowest BCUT2D eigenvalue weighted by Gasteiger charge is -2.23. The zero-order valence-electron chi connectivity index (χ0n) is 48.7. The normalized spacial score (nSPS) is 14.4. The minimum atomic E-state index is -0.566. The Hall–Kier alpha value is -8.02. The predicted octanol–water partition coefficient (Wildman–Crippen LogP) is 16.0. The Morgan fingerprint density at radius 3 is 1.91 bits per heavy atom. The molecule has 0 spiro atoms. The first-order valence-electron chi connectivity index (χ1n) is 27.9. The molecule has 0 amide bonds. The number of hydrogen-bond donors (Lipinski definition) is 0. The Morgan fingerprint density at radius 1 is 0.588 bits per heavy atom. The summed E-state index contributed by atoms with van der Waals surface area (Å²) in [4.78, 5) is 5.19. The number of benzene rings is 8. The molecule has 0 saturated heterocycles. The molecule has 1 atom stereocenters. The summed E-state index contributed by atoms with van der Waals surface area (Å²) in [6.07, 6.45) is 5.47. The van der Waals surface area contributed by atoms with E-state index in [0.717, 1.165) is 38.8 Å². The van der Waals surface area contributed by atoms with Crippen LogP contribution in [0.2, 0.25) is 0 Å². The Balaban J connectivity index is 1.04. The van der Waals surface area contributed by atoms with Gasteiger partial charge in [0, 0.05) is 28.6 Å². The zero-order valence-corrected chi connectivity index (χ0v) is 38.7. The number of rotatable bonds is 10. The molecule has 0 bridgehead atoms. The fourth-order valence-corrected chi connectivity index (χ4v) is 9.17. The first kappa shape index (κ1) is 32.6. The molecule has 0 aliphatic heterocycles. The Bertz CT molecular complexity index is 4090. The number of aromatic nitrogens is 4. The molecule has 8 aromatic carbocycles. The van der Waals surface area contributed by atoms with E-state index < -0.39 is 60.4 Å². The number of pyridine rings is 1. The average Bonchev–Trinajstić information content (AvgIpc) is 4.15. The van der Waals surface area contributed by atoms with Gasteiger partial charge in [0.1, 0.15) is 17.3 Å². The lowest BCUT2D eigenvalue weighted by atomic mass is 9.84. The molecule has 5 nitrogen and oxygen atoms in total. The van der Waals surface area contributed by atoms with Gasteiger partial charge < -0.3 is 4.74 Å². The van der Waals surface area contributed by atoms with Crippen LogP contribution in [0.25, 0.3) is 83.4 Å². The first-order valence-corrected chi connectivity index (χ1v) is 22.9. The summed E-state index contributed by atoms with van der Waals surface area (Å²) in [7, 11) is 0. The van der Waals surface area contributed by atoms with Crippen LogP contribution in [-0.2, 0) is 5.41 Å². The summed E-state index contributed by atoms with van der Waals surface area (Å²) in [5.74, 6) is 2.50. The van der Waals surface area contributed by atoms with Gasteiger partial charge in [0.05, 0.1) is 47.1 Å². The van der Waals surface area contributed by atoms with E-state index in [1.54, 1.807) is 27.3 Å². The second-order valence-corrected chi connectivity index (χ2v) is 18.6. The van der Waals surface area contributed by atoms with Crippen molar-refractivity contribution in [2.75, 3.05) is 0 Å². The van der Waals surface area contributed by atoms with Crippen LogP contribution >= 0.6 is 0 Å². The van der Waals surface area contributed by atoms with Crippen LogP contribution in [0, 0.1) is 12.2 Å². The summed E-state index contributed by atoms with van der Waals surface area (Å²) in [6.45, 7) is 13.5. The standard InChI is InChI=1S/C63H54N4O/c1-42(2)43(3)55-39-61(64-40-56(55)46-31-33-47(34-32-46)63(4,5)6)67-57-28-14-13-25-53(57)54-36-35-50(38-60(54)67)68-49-24-17-23-48(37-49)65-41-66(59-30-16-15-29-58(59)65)62-51(44-19-9-7-10-20-44)26-18-27-52(62)45-21-11-8-12-22-45/h7-40,42-43H,1-6H3/i7D,8D,9D,10D,11D,12D,19D,20D,21D,22D. The van der Waals surface area contributed by atoms with Gasteiger partial charge in [-0.2, -0.15) is 0 Å². The van der Waals surface area contributed by atoms with Crippen molar-refractivity contribution in [2.24, 2.45) is 5.92 Å².